The molecule has 48 valence electrons. The summed E-state index contributed by atoms with van der Waals surface area (Å²) < 4.78 is 0. The number of rotatable bonds is 0. The fourth-order valence-corrected chi connectivity index (χ4v) is 0.738. The minimum Gasteiger partial charge on any atom is -0.292 e. The quantitative estimate of drug-likeness (QED) is 0.365. The van der Waals surface area contributed by atoms with Gasteiger partial charge in [0.1, 0.15) is 0 Å². The molecule has 0 spiro atoms. The number of hydrogen-bond donors (Lipinski definition) is 1. The summed E-state index contributed by atoms with van der Waals surface area (Å²) in [4.78, 5) is 21.1. The summed E-state index contributed by atoms with van der Waals surface area (Å²) >= 11 is 0. The molecule has 0 aromatic rings. The molecule has 1 saturated heterocycles. The molecule has 0 bridgehead atoms. The van der Waals surface area contributed by atoms with Gasteiger partial charge >= 0.3 is 0 Å². The van der Waals surface area contributed by atoms with E-state index in [1.807, 2.05) is 0 Å². The highest BCUT2D eigenvalue weighted by atomic mass is 16.2. The Morgan fingerprint density at radius 3 is 2.44 bits per heavy atom. The summed E-state index contributed by atoms with van der Waals surface area (Å²) in [5.74, 6) is -0.449. The molecule has 9 heavy (non-hydrogen) atoms. The van der Waals surface area contributed by atoms with Gasteiger partial charge < -0.3 is 0 Å². The second-order valence-corrected chi connectivity index (χ2v) is 1.87. The van der Waals surface area contributed by atoms with Gasteiger partial charge in [0.2, 0.25) is 5.91 Å². The lowest BCUT2D eigenvalue weighted by Crippen LogP contribution is -2.19. The molecule has 1 aliphatic rings. The predicted molar refractivity (Wildman–Crippen MR) is 31.5 cm³/mol. The van der Waals surface area contributed by atoms with Crippen LogP contribution >= 0.6 is 0 Å². The van der Waals surface area contributed by atoms with E-state index in [1.54, 1.807) is 13.0 Å². The summed E-state index contributed by atoms with van der Waals surface area (Å²) in [5, 5.41) is 2.17. The van der Waals surface area contributed by atoms with Crippen molar-refractivity contribution in [2.75, 3.05) is 0 Å². The maximum atomic E-state index is 10.6. The van der Waals surface area contributed by atoms with Crippen LogP contribution in [0.15, 0.2) is 11.6 Å². The highest BCUT2D eigenvalue weighted by Gasteiger charge is 2.22. The van der Waals surface area contributed by atoms with Crippen LogP contribution in [0.1, 0.15) is 13.3 Å². The minimum absolute atomic E-state index is 0.201. The third kappa shape index (κ3) is 0.988. The Hall–Kier alpha value is -1.12. The molecule has 0 radical (unpaired) electrons. The van der Waals surface area contributed by atoms with Crippen molar-refractivity contribution in [3.8, 4) is 0 Å². The van der Waals surface area contributed by atoms with Gasteiger partial charge in [-0.05, 0) is 6.92 Å². The van der Waals surface area contributed by atoms with Gasteiger partial charge in [0.15, 0.2) is 0 Å². The van der Waals surface area contributed by atoms with Crippen LogP contribution < -0.4 is 5.32 Å². The van der Waals surface area contributed by atoms with E-state index in [-0.39, 0.29) is 18.2 Å². The molecule has 3 heteroatoms. The fourth-order valence-electron chi connectivity index (χ4n) is 0.738. The van der Waals surface area contributed by atoms with Crippen LogP contribution in [0.4, 0.5) is 0 Å². The van der Waals surface area contributed by atoms with Crippen LogP contribution in [-0.4, -0.2) is 11.8 Å². The zero-order valence-corrected chi connectivity index (χ0v) is 5.10. The average Bonchev–Trinajstić information content (AvgIpc) is 2.10. The second-order valence-electron chi connectivity index (χ2n) is 1.87. The van der Waals surface area contributed by atoms with Gasteiger partial charge in [-0.1, -0.05) is 6.08 Å². The van der Waals surface area contributed by atoms with Crippen molar-refractivity contribution in [1.29, 1.82) is 0 Å². The van der Waals surface area contributed by atoms with E-state index in [0.717, 1.165) is 0 Å². The van der Waals surface area contributed by atoms with Crippen molar-refractivity contribution < 1.29 is 9.59 Å². The van der Waals surface area contributed by atoms with Crippen molar-refractivity contribution >= 4 is 11.8 Å². The van der Waals surface area contributed by atoms with Crippen LogP contribution in [0.2, 0.25) is 0 Å². The Kier molecular flexibility index (Phi) is 1.34. The number of allylic oxidation sites excluding steroid dienone is 1. The van der Waals surface area contributed by atoms with Crippen LogP contribution in [0.25, 0.3) is 0 Å². The van der Waals surface area contributed by atoms with Crippen molar-refractivity contribution in [2.24, 2.45) is 0 Å². The molecule has 1 N–H and O–H groups in total. The normalized spacial score (nSPS) is 23.0. The molecule has 0 saturated carbocycles. The number of carbonyl (C=O) groups is 2. The van der Waals surface area contributed by atoms with Gasteiger partial charge in [0, 0.05) is 5.57 Å². The van der Waals surface area contributed by atoms with Crippen molar-refractivity contribution in [3.05, 3.63) is 11.6 Å². The molecular weight excluding hydrogens is 118 g/mol. The lowest BCUT2D eigenvalue weighted by molar-refractivity contribution is -0.124. The van der Waals surface area contributed by atoms with Crippen LogP contribution in [0.3, 0.4) is 0 Å². The molecule has 1 aliphatic heterocycles. The van der Waals surface area contributed by atoms with E-state index in [2.05, 4.69) is 5.32 Å². The summed E-state index contributed by atoms with van der Waals surface area (Å²) in [6.07, 6.45) is 1.90. The predicted octanol–water partition coefficient (Wildman–Crippen LogP) is -0.0208. The lowest BCUT2D eigenvalue weighted by Gasteiger charge is -1.83. The number of hydrogen-bond acceptors (Lipinski definition) is 2. The summed E-state index contributed by atoms with van der Waals surface area (Å²) in [5.41, 5.74) is 0.569. The Labute approximate surface area is 52.7 Å². The van der Waals surface area contributed by atoms with E-state index in [9.17, 15) is 9.59 Å². The molecule has 0 atom stereocenters. The standard InChI is InChI=1S/C6H7NO2/c1-2-4-3-5(8)7-6(4)9/h2H,3H2,1H3,(H,7,8,9)/b4-2-. The summed E-state index contributed by atoms with van der Waals surface area (Å²) in [6.45, 7) is 1.74. The third-order valence-electron chi connectivity index (χ3n) is 1.24. The van der Waals surface area contributed by atoms with Gasteiger partial charge in [-0.15, -0.1) is 0 Å². The van der Waals surface area contributed by atoms with Gasteiger partial charge in [-0.25, -0.2) is 0 Å². The van der Waals surface area contributed by atoms with E-state index < -0.39 is 0 Å². The average molecular weight is 125 g/mol. The molecule has 1 fully saturated rings. The van der Waals surface area contributed by atoms with Crippen molar-refractivity contribution in [1.82, 2.24) is 5.32 Å². The van der Waals surface area contributed by atoms with E-state index in [4.69, 9.17) is 0 Å². The van der Waals surface area contributed by atoms with E-state index >= 15 is 0 Å². The summed E-state index contributed by atoms with van der Waals surface area (Å²) in [6, 6.07) is 0. The third-order valence-corrected chi connectivity index (χ3v) is 1.24. The largest absolute Gasteiger partial charge is 0.292 e. The van der Waals surface area contributed by atoms with Gasteiger partial charge in [-0.3, -0.25) is 14.9 Å². The Morgan fingerprint density at radius 2 is 2.22 bits per heavy atom. The van der Waals surface area contributed by atoms with Crippen LogP contribution in [-0.2, 0) is 9.59 Å². The Bertz CT molecular complexity index is 193. The topological polar surface area (TPSA) is 46.2 Å². The molecule has 1 rings (SSSR count). The maximum Gasteiger partial charge on any atom is 0.253 e. The van der Waals surface area contributed by atoms with Crippen LogP contribution in [0, 0.1) is 0 Å². The first-order valence-corrected chi connectivity index (χ1v) is 2.73. The first kappa shape index (κ1) is 6.01. The van der Waals surface area contributed by atoms with E-state index in [1.165, 1.54) is 0 Å². The summed E-state index contributed by atoms with van der Waals surface area (Å²) in [7, 11) is 0. The van der Waals surface area contributed by atoms with Crippen molar-refractivity contribution in [2.45, 2.75) is 13.3 Å². The molecular formula is C6H7NO2. The molecule has 1 heterocycles. The Morgan fingerprint density at radius 1 is 1.56 bits per heavy atom. The number of amides is 2. The molecule has 0 aromatic carbocycles. The molecule has 0 unspecified atom stereocenters. The number of imide groups is 1. The van der Waals surface area contributed by atoms with Gasteiger partial charge in [-0.2, -0.15) is 0 Å². The van der Waals surface area contributed by atoms with Crippen LogP contribution in [0.5, 0.6) is 0 Å². The highest BCUT2D eigenvalue weighted by molar-refractivity contribution is 6.13. The molecule has 2 amide bonds. The van der Waals surface area contributed by atoms with Gasteiger partial charge in [0.25, 0.3) is 5.91 Å². The highest BCUT2D eigenvalue weighted by Crippen LogP contribution is 2.07. The minimum atomic E-state index is -0.248. The van der Waals surface area contributed by atoms with E-state index in [0.29, 0.717) is 5.57 Å². The number of carbonyl (C=O) groups excluding carboxylic acids is 2. The Balaban J connectivity index is 2.81. The zero-order valence-electron chi connectivity index (χ0n) is 5.10. The maximum absolute atomic E-state index is 10.6. The first-order valence-electron chi connectivity index (χ1n) is 2.73. The van der Waals surface area contributed by atoms with Gasteiger partial charge in [0.05, 0.1) is 6.42 Å². The molecule has 3 nitrogen and oxygen atoms in total. The molecule has 0 aliphatic carbocycles. The number of nitrogens with one attached hydrogen (secondary N) is 1. The second kappa shape index (κ2) is 2.01. The zero-order chi connectivity index (χ0) is 6.85. The SMILES string of the molecule is C/C=C1/CC(=O)NC1=O. The monoisotopic (exact) mass is 125 g/mol. The first-order chi connectivity index (χ1) is 4.24. The lowest BCUT2D eigenvalue weighted by atomic mass is 10.2. The smallest absolute Gasteiger partial charge is 0.253 e. The fraction of sp³-hybridized carbons (Fsp3) is 0.333. The van der Waals surface area contributed by atoms with Crippen molar-refractivity contribution in [3.63, 3.8) is 0 Å². The molecule has 0 aromatic heterocycles.